The first-order valence-corrected chi connectivity index (χ1v) is 11.7. The van der Waals surface area contributed by atoms with Crippen LogP contribution in [0.15, 0.2) is 48.5 Å². The van der Waals surface area contributed by atoms with Crippen molar-refractivity contribution in [2.75, 3.05) is 6.54 Å². The maximum Gasteiger partial charge on any atom is 0.344 e. The van der Waals surface area contributed by atoms with Crippen molar-refractivity contribution in [3.05, 3.63) is 70.8 Å². The number of aliphatic carboxylic acids is 1. The van der Waals surface area contributed by atoms with Gasteiger partial charge in [-0.1, -0.05) is 12.5 Å². The zero-order chi connectivity index (χ0) is 27.4. The van der Waals surface area contributed by atoms with E-state index in [1.807, 2.05) is 6.92 Å². The van der Waals surface area contributed by atoms with Crippen molar-refractivity contribution in [3.63, 3.8) is 0 Å². The summed E-state index contributed by atoms with van der Waals surface area (Å²) in [6.45, 7) is 3.55. The minimum absolute atomic E-state index is 0.0736. The second-order valence-corrected chi connectivity index (χ2v) is 8.30. The molecule has 196 valence electrons. The Hall–Kier alpha value is -4.47. The van der Waals surface area contributed by atoms with Crippen LogP contribution in [-0.2, 0) is 19.1 Å². The van der Waals surface area contributed by atoms with Gasteiger partial charge in [-0.15, -0.1) is 0 Å². The van der Waals surface area contributed by atoms with Crippen molar-refractivity contribution in [2.45, 2.75) is 45.6 Å². The van der Waals surface area contributed by atoms with Crippen LogP contribution < -0.4 is 15.8 Å². The lowest BCUT2D eigenvalue weighted by molar-refractivity contribution is -0.162. The van der Waals surface area contributed by atoms with Crippen molar-refractivity contribution in [1.29, 1.82) is 5.41 Å². The third-order valence-corrected chi connectivity index (χ3v) is 5.31. The highest BCUT2D eigenvalue weighted by Crippen LogP contribution is 2.17. The van der Waals surface area contributed by atoms with Crippen LogP contribution in [-0.4, -0.2) is 47.4 Å². The number of aryl methyl sites for hydroxylation is 1. The number of esters is 2. The molecule has 2 aromatic rings. The fraction of sp³-hybridized carbons (Fsp3) is 0.296. The fourth-order valence-electron chi connectivity index (χ4n) is 3.17. The number of amides is 1. The number of nitrogens with one attached hydrogen (secondary N) is 2. The molecule has 0 aliphatic carbocycles. The lowest BCUT2D eigenvalue weighted by atomic mass is 10.0. The van der Waals surface area contributed by atoms with Crippen LogP contribution in [0.4, 0.5) is 0 Å². The quantitative estimate of drug-likeness (QED) is 0.0797. The van der Waals surface area contributed by atoms with E-state index in [2.05, 4.69) is 5.32 Å². The maximum atomic E-state index is 12.4. The molecule has 2 rings (SSSR count). The van der Waals surface area contributed by atoms with E-state index < -0.39 is 24.0 Å². The Morgan fingerprint density at radius 1 is 1.05 bits per heavy atom. The third kappa shape index (κ3) is 9.96. The van der Waals surface area contributed by atoms with E-state index in [4.69, 9.17) is 25.7 Å². The lowest BCUT2D eigenvalue weighted by Crippen LogP contribution is -2.23. The van der Waals surface area contributed by atoms with E-state index >= 15 is 0 Å². The van der Waals surface area contributed by atoms with E-state index in [1.54, 1.807) is 48.5 Å². The van der Waals surface area contributed by atoms with Crippen molar-refractivity contribution in [1.82, 2.24) is 5.32 Å². The van der Waals surface area contributed by atoms with E-state index in [-0.39, 0.29) is 18.2 Å². The first-order valence-electron chi connectivity index (χ1n) is 11.7. The average molecular weight is 510 g/mol. The number of benzene rings is 2. The highest BCUT2D eigenvalue weighted by atomic mass is 16.6. The highest BCUT2D eigenvalue weighted by molar-refractivity contribution is 5.95. The first kappa shape index (κ1) is 28.8. The topological polar surface area (TPSA) is 169 Å². The molecule has 0 saturated heterocycles. The number of carboxylic acids is 1. The summed E-state index contributed by atoms with van der Waals surface area (Å²) in [7, 11) is 0. The number of nitrogen functional groups attached to an aromatic ring is 1. The second kappa shape index (κ2) is 14.2. The van der Waals surface area contributed by atoms with Crippen LogP contribution >= 0.6 is 0 Å². The van der Waals surface area contributed by atoms with Gasteiger partial charge in [0.15, 0.2) is 6.10 Å². The van der Waals surface area contributed by atoms with Crippen LogP contribution in [0.3, 0.4) is 0 Å². The Bertz CT molecular complexity index is 1170. The van der Waals surface area contributed by atoms with Crippen LogP contribution in [0, 0.1) is 12.3 Å². The number of carbonyl (C=O) groups is 4. The minimum Gasteiger partial charge on any atom is -0.479 e. The van der Waals surface area contributed by atoms with Gasteiger partial charge in [-0.05, 0) is 80.3 Å². The van der Waals surface area contributed by atoms with Gasteiger partial charge < -0.3 is 25.6 Å². The molecule has 0 radical (unpaired) electrons. The number of rotatable bonds is 13. The Kier molecular flexibility index (Phi) is 11.0. The summed E-state index contributed by atoms with van der Waals surface area (Å²) in [4.78, 5) is 46.7. The van der Waals surface area contributed by atoms with E-state index in [0.29, 0.717) is 42.7 Å². The molecule has 10 heteroatoms. The van der Waals surface area contributed by atoms with Crippen molar-refractivity contribution >= 4 is 35.7 Å². The molecule has 0 aromatic heterocycles. The Morgan fingerprint density at radius 2 is 1.73 bits per heavy atom. The van der Waals surface area contributed by atoms with Gasteiger partial charge in [-0.25, -0.2) is 9.59 Å². The van der Waals surface area contributed by atoms with Crippen LogP contribution in [0.1, 0.15) is 59.7 Å². The number of nitrogens with two attached hydrogens (primary N) is 1. The number of hydrogen-bond donors (Lipinski definition) is 4. The van der Waals surface area contributed by atoms with Gasteiger partial charge in [-0.3, -0.25) is 15.0 Å². The summed E-state index contributed by atoms with van der Waals surface area (Å²) in [5, 5.41) is 18.9. The third-order valence-electron chi connectivity index (χ3n) is 5.31. The van der Waals surface area contributed by atoms with Gasteiger partial charge in [0.25, 0.3) is 0 Å². The molecule has 0 aliphatic rings. The number of carbonyl (C=O) groups excluding carboxylic acids is 3. The average Bonchev–Trinajstić information content (AvgIpc) is 2.85. The predicted molar refractivity (Wildman–Crippen MR) is 137 cm³/mol. The van der Waals surface area contributed by atoms with Crippen molar-refractivity contribution in [2.24, 2.45) is 5.73 Å². The first-order chi connectivity index (χ1) is 17.6. The van der Waals surface area contributed by atoms with Gasteiger partial charge in [0, 0.05) is 24.6 Å². The maximum absolute atomic E-state index is 12.4. The SMILES string of the molecule is Cc1cc(C(=O)Oc2ccc(C(=N)N)cc2)ccc1/C=C/C(=O)NCCCCCC(=O)OC(C)C(=O)O. The van der Waals surface area contributed by atoms with Crippen LogP contribution in [0.25, 0.3) is 6.08 Å². The molecule has 10 nitrogen and oxygen atoms in total. The van der Waals surface area contributed by atoms with Crippen molar-refractivity contribution in [3.8, 4) is 5.75 Å². The largest absolute Gasteiger partial charge is 0.479 e. The fourth-order valence-corrected chi connectivity index (χ4v) is 3.17. The second-order valence-electron chi connectivity index (χ2n) is 8.30. The molecule has 0 spiro atoms. The summed E-state index contributed by atoms with van der Waals surface area (Å²) in [5.74, 6) is -2.29. The molecule has 0 saturated carbocycles. The molecular weight excluding hydrogens is 478 g/mol. The van der Waals surface area contributed by atoms with Gasteiger partial charge in [0.1, 0.15) is 11.6 Å². The van der Waals surface area contributed by atoms with E-state index in [0.717, 1.165) is 11.1 Å². The van der Waals surface area contributed by atoms with Crippen LogP contribution in [0.5, 0.6) is 5.75 Å². The van der Waals surface area contributed by atoms with Gasteiger partial charge >= 0.3 is 17.9 Å². The molecule has 1 unspecified atom stereocenters. The number of hydrogen-bond acceptors (Lipinski definition) is 7. The van der Waals surface area contributed by atoms with E-state index in [1.165, 1.54) is 13.0 Å². The monoisotopic (exact) mass is 509 g/mol. The summed E-state index contributed by atoms with van der Waals surface area (Å²) >= 11 is 0. The van der Waals surface area contributed by atoms with Crippen molar-refractivity contribution < 1.29 is 33.8 Å². The summed E-state index contributed by atoms with van der Waals surface area (Å²) in [6, 6.07) is 11.3. The molecule has 1 amide bonds. The molecule has 2 aromatic carbocycles. The summed E-state index contributed by atoms with van der Waals surface area (Å²) < 4.78 is 10.1. The molecule has 0 bridgehead atoms. The minimum atomic E-state index is -1.19. The van der Waals surface area contributed by atoms with E-state index in [9.17, 15) is 19.2 Å². The molecule has 37 heavy (non-hydrogen) atoms. The van der Waals surface area contributed by atoms with Gasteiger partial charge in [0.05, 0.1) is 5.56 Å². The number of amidine groups is 1. The number of unbranched alkanes of at least 4 members (excludes halogenated alkanes) is 2. The number of carboxylic acid groups (broad SMARTS) is 1. The predicted octanol–water partition coefficient (Wildman–Crippen LogP) is 3.20. The smallest absolute Gasteiger partial charge is 0.344 e. The standard InChI is InChI=1S/C27H31N3O7/c1-17-16-21(27(35)37-22-12-9-20(10-13-22)25(28)29)8-7-19(17)11-14-23(31)30-15-5-3-4-6-24(32)36-18(2)26(33)34/h7-14,16,18H,3-6,15H2,1-2H3,(H3,28,29)(H,30,31)(H,33,34)/b14-11+. The zero-order valence-electron chi connectivity index (χ0n) is 20.8. The normalized spacial score (nSPS) is 11.5. The lowest BCUT2D eigenvalue weighted by Gasteiger charge is -2.08. The zero-order valence-corrected chi connectivity index (χ0v) is 20.8. The molecule has 0 heterocycles. The van der Waals surface area contributed by atoms with Crippen LogP contribution in [0.2, 0.25) is 0 Å². The molecule has 0 aliphatic heterocycles. The number of ether oxygens (including phenoxy) is 2. The van der Waals surface area contributed by atoms with Gasteiger partial charge in [0.2, 0.25) is 5.91 Å². The molecule has 1 atom stereocenters. The Labute approximate surface area is 215 Å². The molecule has 0 fully saturated rings. The summed E-state index contributed by atoms with van der Waals surface area (Å²) in [5.41, 5.74) is 7.86. The highest BCUT2D eigenvalue weighted by Gasteiger charge is 2.15. The Balaban J connectivity index is 1.75. The molecule has 5 N–H and O–H groups in total. The van der Waals surface area contributed by atoms with Gasteiger partial charge in [-0.2, -0.15) is 0 Å². The Morgan fingerprint density at radius 3 is 2.35 bits per heavy atom. The summed E-state index contributed by atoms with van der Waals surface area (Å²) in [6.07, 6.45) is 3.90. The molecular formula is C27H31N3O7.